The van der Waals surface area contributed by atoms with Crippen molar-refractivity contribution in [2.45, 2.75) is 19.4 Å². The van der Waals surface area contributed by atoms with Gasteiger partial charge in [0.2, 0.25) is 0 Å². The highest BCUT2D eigenvalue weighted by Crippen LogP contribution is 2.28. The van der Waals surface area contributed by atoms with E-state index in [9.17, 15) is 4.39 Å². The van der Waals surface area contributed by atoms with Crippen LogP contribution in [0.15, 0.2) is 29.8 Å². The molecule has 0 amide bonds. The zero-order valence-corrected chi connectivity index (χ0v) is 11.5. The van der Waals surface area contributed by atoms with Crippen molar-refractivity contribution in [2.24, 2.45) is 5.73 Å². The van der Waals surface area contributed by atoms with E-state index in [0.717, 1.165) is 30.8 Å². The Morgan fingerprint density at radius 3 is 2.84 bits per heavy atom. The number of hydrogen-bond donors (Lipinski definition) is 1. The van der Waals surface area contributed by atoms with Crippen LogP contribution in [0.5, 0.6) is 0 Å². The summed E-state index contributed by atoms with van der Waals surface area (Å²) in [5.74, 6) is -0.233. The molecule has 1 aliphatic rings. The second kappa shape index (κ2) is 6.17. The molecule has 1 aromatic carbocycles. The van der Waals surface area contributed by atoms with Gasteiger partial charge >= 0.3 is 0 Å². The first-order valence-corrected chi connectivity index (χ1v) is 6.58. The van der Waals surface area contributed by atoms with E-state index in [4.69, 9.17) is 10.5 Å². The van der Waals surface area contributed by atoms with Crippen LogP contribution in [0.25, 0.3) is 0 Å². The lowest BCUT2D eigenvalue weighted by Crippen LogP contribution is -2.30. The zero-order valence-electron chi connectivity index (χ0n) is 11.5. The van der Waals surface area contributed by atoms with Crippen molar-refractivity contribution >= 4 is 5.69 Å². The number of nitrogens with zero attached hydrogens (tertiary/aromatic N) is 1. The molecule has 0 unspecified atom stereocenters. The number of rotatable bonds is 4. The molecular formula is C15H21FN2O. The van der Waals surface area contributed by atoms with Gasteiger partial charge in [-0.2, -0.15) is 0 Å². The second-order valence-electron chi connectivity index (χ2n) is 4.98. The van der Waals surface area contributed by atoms with Crippen LogP contribution >= 0.6 is 0 Å². The van der Waals surface area contributed by atoms with Gasteiger partial charge in [-0.05, 0) is 42.7 Å². The lowest BCUT2D eigenvalue weighted by atomic mass is 10.0. The molecule has 1 aliphatic heterocycles. The lowest BCUT2D eigenvalue weighted by molar-refractivity contribution is 0.222. The first-order chi connectivity index (χ1) is 9.11. The van der Waals surface area contributed by atoms with Crippen molar-refractivity contribution in [1.29, 1.82) is 0 Å². The Balaban J connectivity index is 2.19. The molecule has 2 rings (SSSR count). The molecule has 19 heavy (non-hydrogen) atoms. The third-order valence-corrected chi connectivity index (χ3v) is 3.45. The van der Waals surface area contributed by atoms with Crippen LogP contribution in [0.1, 0.15) is 24.9 Å². The van der Waals surface area contributed by atoms with E-state index >= 15 is 0 Å². The fraction of sp³-hybridized carbons (Fsp3) is 0.467. The monoisotopic (exact) mass is 264 g/mol. The molecule has 0 aromatic heterocycles. The van der Waals surface area contributed by atoms with Crippen molar-refractivity contribution in [3.63, 3.8) is 0 Å². The predicted molar refractivity (Wildman–Crippen MR) is 75.8 cm³/mol. The molecule has 1 atom stereocenters. The Morgan fingerprint density at radius 1 is 1.47 bits per heavy atom. The lowest BCUT2D eigenvalue weighted by Gasteiger charge is -2.31. The SMILES string of the molecule is COCC1=CCN(c2ccc(F)cc2[C@@H](C)N)CC1. The number of anilines is 1. The normalized spacial score (nSPS) is 17.3. The third kappa shape index (κ3) is 3.33. The van der Waals surface area contributed by atoms with Crippen LogP contribution < -0.4 is 10.6 Å². The topological polar surface area (TPSA) is 38.5 Å². The van der Waals surface area contributed by atoms with E-state index in [1.165, 1.54) is 17.7 Å². The van der Waals surface area contributed by atoms with Gasteiger partial charge in [0, 0.05) is 31.9 Å². The molecule has 2 N–H and O–H groups in total. The molecular weight excluding hydrogens is 243 g/mol. The fourth-order valence-corrected chi connectivity index (χ4v) is 2.42. The van der Waals surface area contributed by atoms with Gasteiger partial charge in [-0.25, -0.2) is 4.39 Å². The average molecular weight is 264 g/mol. The molecule has 1 heterocycles. The van der Waals surface area contributed by atoms with Gasteiger partial charge in [-0.3, -0.25) is 0 Å². The van der Waals surface area contributed by atoms with E-state index in [-0.39, 0.29) is 11.9 Å². The minimum atomic E-state index is -0.233. The third-order valence-electron chi connectivity index (χ3n) is 3.45. The van der Waals surface area contributed by atoms with E-state index in [0.29, 0.717) is 6.61 Å². The van der Waals surface area contributed by atoms with Crippen molar-refractivity contribution in [3.05, 3.63) is 41.2 Å². The van der Waals surface area contributed by atoms with Crippen molar-refractivity contribution in [2.75, 3.05) is 31.7 Å². The van der Waals surface area contributed by atoms with E-state index in [1.807, 2.05) is 13.0 Å². The summed E-state index contributed by atoms with van der Waals surface area (Å²) < 4.78 is 18.5. The summed E-state index contributed by atoms with van der Waals surface area (Å²) in [7, 11) is 1.71. The average Bonchev–Trinajstić information content (AvgIpc) is 2.40. The minimum absolute atomic E-state index is 0.171. The van der Waals surface area contributed by atoms with Crippen molar-refractivity contribution < 1.29 is 9.13 Å². The standard InChI is InChI=1S/C15H21FN2O/c1-11(17)14-9-13(16)3-4-15(14)18-7-5-12(6-8-18)10-19-2/h3-5,9,11H,6-8,10,17H2,1-2H3/t11-/m1/s1. The Bertz CT molecular complexity index is 471. The molecule has 0 fully saturated rings. The Kier molecular flexibility index (Phi) is 4.56. The summed E-state index contributed by atoms with van der Waals surface area (Å²) in [5, 5.41) is 0. The van der Waals surface area contributed by atoms with Crippen LogP contribution in [0.3, 0.4) is 0 Å². The number of hydrogen-bond acceptors (Lipinski definition) is 3. The van der Waals surface area contributed by atoms with Gasteiger partial charge in [0.1, 0.15) is 5.82 Å². The number of halogens is 1. The summed E-state index contributed by atoms with van der Waals surface area (Å²) in [5.41, 5.74) is 9.15. The summed E-state index contributed by atoms with van der Waals surface area (Å²) >= 11 is 0. The quantitative estimate of drug-likeness (QED) is 0.850. The molecule has 0 bridgehead atoms. The van der Waals surface area contributed by atoms with E-state index in [1.54, 1.807) is 7.11 Å². The highest BCUT2D eigenvalue weighted by molar-refractivity contribution is 5.56. The first kappa shape index (κ1) is 14.0. The molecule has 0 spiro atoms. The number of methoxy groups -OCH3 is 1. The molecule has 0 saturated heterocycles. The molecule has 1 aromatic rings. The van der Waals surface area contributed by atoms with Gasteiger partial charge in [0.25, 0.3) is 0 Å². The second-order valence-corrected chi connectivity index (χ2v) is 4.98. The van der Waals surface area contributed by atoms with E-state index in [2.05, 4.69) is 11.0 Å². The molecule has 0 saturated carbocycles. The van der Waals surface area contributed by atoms with Crippen molar-refractivity contribution in [1.82, 2.24) is 0 Å². The number of ether oxygens (including phenoxy) is 1. The summed E-state index contributed by atoms with van der Waals surface area (Å²) in [6, 6.07) is 4.68. The summed E-state index contributed by atoms with van der Waals surface area (Å²) in [6.07, 6.45) is 3.16. The van der Waals surface area contributed by atoms with Crippen LogP contribution in [-0.4, -0.2) is 26.8 Å². The predicted octanol–water partition coefficient (Wildman–Crippen LogP) is 2.63. The molecule has 0 aliphatic carbocycles. The fourth-order valence-electron chi connectivity index (χ4n) is 2.42. The van der Waals surface area contributed by atoms with Gasteiger partial charge in [-0.1, -0.05) is 6.08 Å². The Hall–Kier alpha value is -1.39. The van der Waals surface area contributed by atoms with Gasteiger partial charge < -0.3 is 15.4 Å². The largest absolute Gasteiger partial charge is 0.380 e. The maximum Gasteiger partial charge on any atom is 0.123 e. The summed E-state index contributed by atoms with van der Waals surface area (Å²) in [4.78, 5) is 2.23. The smallest absolute Gasteiger partial charge is 0.123 e. The zero-order chi connectivity index (χ0) is 13.8. The molecule has 0 radical (unpaired) electrons. The number of benzene rings is 1. The highest BCUT2D eigenvalue weighted by atomic mass is 19.1. The van der Waals surface area contributed by atoms with Crippen LogP contribution in [-0.2, 0) is 4.74 Å². The van der Waals surface area contributed by atoms with Gasteiger partial charge in [0.15, 0.2) is 0 Å². The number of nitrogens with two attached hydrogens (primary N) is 1. The summed E-state index contributed by atoms with van der Waals surface area (Å²) in [6.45, 7) is 4.32. The van der Waals surface area contributed by atoms with Gasteiger partial charge in [-0.15, -0.1) is 0 Å². The molecule has 104 valence electrons. The van der Waals surface area contributed by atoms with Crippen LogP contribution in [0, 0.1) is 5.82 Å². The Labute approximate surface area is 113 Å². The van der Waals surface area contributed by atoms with Crippen molar-refractivity contribution in [3.8, 4) is 0 Å². The molecule has 3 nitrogen and oxygen atoms in total. The van der Waals surface area contributed by atoms with Crippen LogP contribution in [0.4, 0.5) is 10.1 Å². The minimum Gasteiger partial charge on any atom is -0.380 e. The van der Waals surface area contributed by atoms with Crippen LogP contribution in [0.2, 0.25) is 0 Å². The maximum atomic E-state index is 13.3. The highest BCUT2D eigenvalue weighted by Gasteiger charge is 2.17. The maximum absolute atomic E-state index is 13.3. The Morgan fingerprint density at radius 2 is 2.26 bits per heavy atom. The van der Waals surface area contributed by atoms with E-state index < -0.39 is 0 Å². The molecule has 4 heteroatoms. The first-order valence-electron chi connectivity index (χ1n) is 6.58. The van der Waals surface area contributed by atoms with Gasteiger partial charge in [0.05, 0.1) is 6.61 Å².